The van der Waals surface area contributed by atoms with Gasteiger partial charge in [0.1, 0.15) is 5.82 Å². The molecule has 1 aliphatic rings. The Morgan fingerprint density at radius 3 is 2.47 bits per heavy atom. The van der Waals surface area contributed by atoms with Gasteiger partial charge in [-0.25, -0.2) is 4.39 Å². The molecule has 94 valence electrons. The fraction of sp³-hybridized carbons (Fsp3) is 0.500. The summed E-state index contributed by atoms with van der Waals surface area (Å²) in [5.41, 5.74) is 7.27. The maximum Gasteiger partial charge on any atom is 0.123 e. The zero-order valence-electron chi connectivity index (χ0n) is 9.51. The van der Waals surface area contributed by atoms with Crippen LogP contribution in [0.1, 0.15) is 11.1 Å². The molecule has 4 N–H and O–H groups in total. The summed E-state index contributed by atoms with van der Waals surface area (Å²) in [6, 6.07) is 4.53. The highest BCUT2D eigenvalue weighted by Gasteiger charge is 2.29. The van der Waals surface area contributed by atoms with E-state index in [9.17, 15) is 14.6 Å². The fourth-order valence-electron chi connectivity index (χ4n) is 2.16. The number of aliphatic hydroxyl groups is 2. The van der Waals surface area contributed by atoms with Gasteiger partial charge in [0, 0.05) is 26.2 Å². The van der Waals surface area contributed by atoms with Crippen molar-refractivity contribution in [1.82, 2.24) is 4.90 Å². The SMILES string of the molecule is NCc1cc(F)ccc1CN1CC(O)C(O)C1. The molecular weight excluding hydrogens is 223 g/mol. The number of hydrogen-bond acceptors (Lipinski definition) is 4. The Balaban J connectivity index is 2.09. The van der Waals surface area contributed by atoms with Crippen molar-refractivity contribution in [3.8, 4) is 0 Å². The summed E-state index contributed by atoms with van der Waals surface area (Å²) in [5.74, 6) is -0.296. The third-order valence-corrected chi connectivity index (χ3v) is 3.12. The van der Waals surface area contributed by atoms with E-state index in [2.05, 4.69) is 0 Å². The average Bonchev–Trinajstić information content (AvgIpc) is 2.60. The summed E-state index contributed by atoms with van der Waals surface area (Å²) in [5, 5.41) is 18.9. The molecule has 4 nitrogen and oxygen atoms in total. The van der Waals surface area contributed by atoms with E-state index in [1.807, 2.05) is 4.90 Å². The Morgan fingerprint density at radius 1 is 1.24 bits per heavy atom. The molecule has 1 fully saturated rings. The number of hydrogen-bond donors (Lipinski definition) is 3. The van der Waals surface area contributed by atoms with Gasteiger partial charge in [0.2, 0.25) is 0 Å². The fourth-order valence-corrected chi connectivity index (χ4v) is 2.16. The summed E-state index contributed by atoms with van der Waals surface area (Å²) in [6.07, 6.45) is -1.39. The summed E-state index contributed by atoms with van der Waals surface area (Å²) in [7, 11) is 0. The van der Waals surface area contributed by atoms with Gasteiger partial charge in [-0.1, -0.05) is 6.07 Å². The highest BCUT2D eigenvalue weighted by Crippen LogP contribution is 2.17. The zero-order valence-corrected chi connectivity index (χ0v) is 9.51. The van der Waals surface area contributed by atoms with Crippen molar-refractivity contribution in [3.63, 3.8) is 0 Å². The topological polar surface area (TPSA) is 69.7 Å². The number of benzene rings is 1. The molecule has 0 amide bonds. The molecular formula is C12H17FN2O2. The van der Waals surface area contributed by atoms with Crippen molar-refractivity contribution in [2.45, 2.75) is 25.3 Å². The highest BCUT2D eigenvalue weighted by molar-refractivity contribution is 5.27. The summed E-state index contributed by atoms with van der Waals surface area (Å²) in [4.78, 5) is 1.93. The van der Waals surface area contributed by atoms with Crippen LogP contribution in [0.15, 0.2) is 18.2 Å². The highest BCUT2D eigenvalue weighted by atomic mass is 19.1. The molecule has 0 aromatic heterocycles. The summed E-state index contributed by atoms with van der Waals surface area (Å²) >= 11 is 0. The van der Waals surface area contributed by atoms with E-state index < -0.39 is 12.2 Å². The second kappa shape index (κ2) is 5.10. The first-order chi connectivity index (χ1) is 8.10. The lowest BCUT2D eigenvalue weighted by atomic mass is 10.1. The lowest BCUT2D eigenvalue weighted by molar-refractivity contribution is 0.0572. The van der Waals surface area contributed by atoms with Gasteiger partial charge in [-0.2, -0.15) is 0 Å². The van der Waals surface area contributed by atoms with Gasteiger partial charge < -0.3 is 15.9 Å². The zero-order chi connectivity index (χ0) is 12.4. The lowest BCUT2D eigenvalue weighted by Gasteiger charge is -2.17. The van der Waals surface area contributed by atoms with Gasteiger partial charge in [0.25, 0.3) is 0 Å². The first-order valence-electron chi connectivity index (χ1n) is 5.66. The first-order valence-corrected chi connectivity index (χ1v) is 5.66. The van der Waals surface area contributed by atoms with Crippen LogP contribution < -0.4 is 5.73 Å². The lowest BCUT2D eigenvalue weighted by Crippen LogP contribution is -2.22. The van der Waals surface area contributed by atoms with Crippen LogP contribution in [-0.2, 0) is 13.1 Å². The molecule has 1 heterocycles. The van der Waals surface area contributed by atoms with Crippen LogP contribution in [0.3, 0.4) is 0 Å². The second-order valence-corrected chi connectivity index (χ2v) is 4.45. The van der Waals surface area contributed by atoms with Crippen molar-refractivity contribution in [3.05, 3.63) is 35.1 Å². The van der Waals surface area contributed by atoms with Crippen LogP contribution >= 0.6 is 0 Å². The van der Waals surface area contributed by atoms with E-state index in [0.717, 1.165) is 11.1 Å². The van der Waals surface area contributed by atoms with E-state index >= 15 is 0 Å². The maximum atomic E-state index is 13.0. The van der Waals surface area contributed by atoms with Gasteiger partial charge in [-0.15, -0.1) is 0 Å². The molecule has 17 heavy (non-hydrogen) atoms. The molecule has 0 radical (unpaired) electrons. The van der Waals surface area contributed by atoms with Crippen LogP contribution in [0.4, 0.5) is 4.39 Å². The maximum absolute atomic E-state index is 13.0. The van der Waals surface area contributed by atoms with Crippen LogP contribution in [0.5, 0.6) is 0 Å². The van der Waals surface area contributed by atoms with Crippen molar-refractivity contribution in [1.29, 1.82) is 0 Å². The second-order valence-electron chi connectivity index (χ2n) is 4.45. The predicted molar refractivity (Wildman–Crippen MR) is 61.6 cm³/mol. The molecule has 1 saturated heterocycles. The molecule has 1 aliphatic heterocycles. The number of nitrogens with zero attached hydrogens (tertiary/aromatic N) is 1. The third-order valence-electron chi connectivity index (χ3n) is 3.12. The number of rotatable bonds is 3. The van der Waals surface area contributed by atoms with E-state index in [0.29, 0.717) is 19.6 Å². The predicted octanol–water partition coefficient (Wildman–Crippen LogP) is -0.178. The summed E-state index contributed by atoms with van der Waals surface area (Å²) < 4.78 is 13.0. The van der Waals surface area contributed by atoms with E-state index in [1.165, 1.54) is 12.1 Å². The smallest absolute Gasteiger partial charge is 0.123 e. The third kappa shape index (κ3) is 2.81. The van der Waals surface area contributed by atoms with Crippen molar-refractivity contribution in [2.24, 2.45) is 5.73 Å². The average molecular weight is 240 g/mol. The Morgan fingerprint density at radius 2 is 1.88 bits per heavy atom. The number of aliphatic hydroxyl groups excluding tert-OH is 2. The normalized spacial score (nSPS) is 25.4. The first kappa shape index (κ1) is 12.4. The molecule has 0 spiro atoms. The number of likely N-dealkylation sites (tertiary alicyclic amines) is 1. The summed E-state index contributed by atoms with van der Waals surface area (Å²) in [6.45, 7) is 1.72. The van der Waals surface area contributed by atoms with E-state index in [4.69, 9.17) is 5.73 Å². The monoisotopic (exact) mass is 240 g/mol. The van der Waals surface area contributed by atoms with Gasteiger partial charge in [-0.05, 0) is 23.3 Å². The molecule has 1 aromatic rings. The molecule has 0 bridgehead atoms. The van der Waals surface area contributed by atoms with Crippen LogP contribution in [-0.4, -0.2) is 40.4 Å². The van der Waals surface area contributed by atoms with Crippen LogP contribution in [0.25, 0.3) is 0 Å². The minimum atomic E-state index is -0.697. The number of β-amino-alcohol motifs (C(OH)–C–C–N with tert-alkyl or cyclic N) is 2. The molecule has 5 heteroatoms. The molecule has 2 rings (SSSR count). The van der Waals surface area contributed by atoms with Crippen molar-refractivity contribution < 1.29 is 14.6 Å². The van der Waals surface area contributed by atoms with Gasteiger partial charge >= 0.3 is 0 Å². The van der Waals surface area contributed by atoms with Gasteiger partial charge in [0.15, 0.2) is 0 Å². The minimum Gasteiger partial charge on any atom is -0.389 e. The minimum absolute atomic E-state index is 0.284. The largest absolute Gasteiger partial charge is 0.389 e. The van der Waals surface area contributed by atoms with Crippen molar-refractivity contribution in [2.75, 3.05) is 13.1 Å². The van der Waals surface area contributed by atoms with Gasteiger partial charge in [0.05, 0.1) is 12.2 Å². The number of halogens is 1. The Kier molecular flexibility index (Phi) is 3.73. The molecule has 0 aliphatic carbocycles. The van der Waals surface area contributed by atoms with Crippen LogP contribution in [0.2, 0.25) is 0 Å². The van der Waals surface area contributed by atoms with Gasteiger partial charge in [-0.3, -0.25) is 4.90 Å². The Bertz CT molecular complexity index is 390. The van der Waals surface area contributed by atoms with E-state index in [-0.39, 0.29) is 12.4 Å². The molecule has 2 unspecified atom stereocenters. The van der Waals surface area contributed by atoms with Crippen LogP contribution in [0, 0.1) is 5.82 Å². The standard InChI is InChI=1S/C12H17FN2O2/c13-10-2-1-8(9(3-10)4-14)5-15-6-11(16)12(17)7-15/h1-3,11-12,16-17H,4-7,14H2. The molecule has 2 atom stereocenters. The number of nitrogens with two attached hydrogens (primary N) is 1. The molecule has 1 aromatic carbocycles. The van der Waals surface area contributed by atoms with E-state index in [1.54, 1.807) is 6.07 Å². The van der Waals surface area contributed by atoms with Crippen molar-refractivity contribution >= 4 is 0 Å². The Hall–Kier alpha value is -1.01. The molecule has 0 saturated carbocycles. The Labute approximate surface area is 99.5 Å². The quantitative estimate of drug-likeness (QED) is 0.685.